The van der Waals surface area contributed by atoms with Crippen molar-refractivity contribution in [3.05, 3.63) is 59.4 Å². The highest BCUT2D eigenvalue weighted by atomic mass is 32.2. The largest absolute Gasteiger partial charge is 0.489 e. The van der Waals surface area contributed by atoms with E-state index in [4.69, 9.17) is 10.5 Å². The van der Waals surface area contributed by atoms with Gasteiger partial charge in [0.1, 0.15) is 18.2 Å². The van der Waals surface area contributed by atoms with Crippen LogP contribution in [0.2, 0.25) is 0 Å². The number of nitrogens with two attached hydrogens (primary N) is 1. The molecule has 112 valence electrons. The van der Waals surface area contributed by atoms with Crippen LogP contribution >= 0.6 is 0 Å². The lowest BCUT2D eigenvalue weighted by Gasteiger charge is -2.08. The lowest BCUT2D eigenvalue weighted by Crippen LogP contribution is -2.03. The minimum atomic E-state index is -3.21. The third kappa shape index (κ3) is 4.03. The van der Waals surface area contributed by atoms with E-state index in [9.17, 15) is 12.8 Å². The second kappa shape index (κ2) is 6.24. The molecule has 0 aromatic heterocycles. The number of sulfone groups is 1. The Morgan fingerprint density at radius 2 is 1.81 bits per heavy atom. The van der Waals surface area contributed by atoms with Crippen LogP contribution in [0.3, 0.4) is 0 Å². The van der Waals surface area contributed by atoms with Gasteiger partial charge in [0.2, 0.25) is 0 Å². The first-order valence-electron chi connectivity index (χ1n) is 6.30. The van der Waals surface area contributed by atoms with Crippen LogP contribution in [-0.4, -0.2) is 14.7 Å². The fourth-order valence-corrected chi connectivity index (χ4v) is 2.45. The van der Waals surface area contributed by atoms with Crippen molar-refractivity contribution >= 4 is 9.84 Å². The highest BCUT2D eigenvalue weighted by Crippen LogP contribution is 2.18. The molecule has 2 aromatic carbocycles. The van der Waals surface area contributed by atoms with E-state index in [0.717, 1.165) is 11.8 Å². The molecule has 0 spiro atoms. The van der Waals surface area contributed by atoms with Crippen LogP contribution in [0.15, 0.2) is 47.4 Å². The normalized spacial score (nSPS) is 11.4. The summed E-state index contributed by atoms with van der Waals surface area (Å²) in [5.74, 6) is 0.208. The van der Waals surface area contributed by atoms with E-state index in [2.05, 4.69) is 0 Å². The molecule has 0 fully saturated rings. The van der Waals surface area contributed by atoms with Gasteiger partial charge < -0.3 is 10.5 Å². The Balaban J connectivity index is 2.06. The molecule has 0 unspecified atom stereocenters. The third-order valence-corrected chi connectivity index (χ3v) is 4.12. The number of halogens is 1. The van der Waals surface area contributed by atoms with Crippen LogP contribution in [0.5, 0.6) is 5.75 Å². The quantitative estimate of drug-likeness (QED) is 0.920. The van der Waals surface area contributed by atoms with Crippen molar-refractivity contribution in [1.82, 2.24) is 0 Å². The van der Waals surface area contributed by atoms with E-state index >= 15 is 0 Å². The summed E-state index contributed by atoms with van der Waals surface area (Å²) in [6, 6.07) is 10.8. The van der Waals surface area contributed by atoms with Gasteiger partial charge in [0.05, 0.1) is 4.90 Å². The molecule has 0 bridgehead atoms. The Kier molecular flexibility index (Phi) is 4.59. The van der Waals surface area contributed by atoms with E-state index in [-0.39, 0.29) is 23.9 Å². The van der Waals surface area contributed by atoms with Gasteiger partial charge in [-0.2, -0.15) is 0 Å². The lowest BCUT2D eigenvalue weighted by molar-refractivity contribution is 0.305. The van der Waals surface area contributed by atoms with Gasteiger partial charge in [-0.1, -0.05) is 6.07 Å². The maximum Gasteiger partial charge on any atom is 0.175 e. The minimum absolute atomic E-state index is 0.128. The summed E-state index contributed by atoms with van der Waals surface area (Å²) in [5.41, 5.74) is 6.68. The Morgan fingerprint density at radius 1 is 1.14 bits per heavy atom. The first kappa shape index (κ1) is 15.5. The molecule has 2 rings (SSSR count). The van der Waals surface area contributed by atoms with Gasteiger partial charge in [-0.15, -0.1) is 0 Å². The first-order valence-corrected chi connectivity index (χ1v) is 8.19. The van der Waals surface area contributed by atoms with E-state index in [0.29, 0.717) is 11.3 Å². The maximum atomic E-state index is 13.3. The fraction of sp³-hybridized carbons (Fsp3) is 0.200. The molecule has 0 aliphatic rings. The molecule has 0 aliphatic heterocycles. The molecule has 0 saturated heterocycles. The number of ether oxygens (including phenoxy) is 1. The van der Waals surface area contributed by atoms with E-state index < -0.39 is 9.84 Å². The van der Waals surface area contributed by atoms with Crippen molar-refractivity contribution in [1.29, 1.82) is 0 Å². The van der Waals surface area contributed by atoms with Gasteiger partial charge in [0, 0.05) is 18.4 Å². The van der Waals surface area contributed by atoms with Gasteiger partial charge in [0.25, 0.3) is 0 Å². The topological polar surface area (TPSA) is 69.4 Å². The average Bonchev–Trinajstić information content (AvgIpc) is 2.46. The molecule has 0 amide bonds. The molecule has 21 heavy (non-hydrogen) atoms. The molecule has 0 heterocycles. The summed E-state index contributed by atoms with van der Waals surface area (Å²) in [6.07, 6.45) is 1.15. The van der Waals surface area contributed by atoms with Gasteiger partial charge in [-0.3, -0.25) is 0 Å². The number of rotatable bonds is 5. The molecule has 2 N–H and O–H groups in total. The number of benzene rings is 2. The van der Waals surface area contributed by atoms with Crippen LogP contribution in [0, 0.1) is 5.82 Å². The zero-order valence-electron chi connectivity index (χ0n) is 11.5. The Morgan fingerprint density at radius 3 is 2.38 bits per heavy atom. The number of hydrogen-bond donors (Lipinski definition) is 1. The summed E-state index contributed by atoms with van der Waals surface area (Å²) in [5, 5.41) is 0. The second-order valence-corrected chi connectivity index (χ2v) is 6.68. The van der Waals surface area contributed by atoms with Gasteiger partial charge in [0.15, 0.2) is 9.84 Å². The van der Waals surface area contributed by atoms with Crippen LogP contribution in [0.25, 0.3) is 0 Å². The Hall–Kier alpha value is -1.92. The first-order chi connectivity index (χ1) is 9.90. The van der Waals surface area contributed by atoms with Crippen molar-refractivity contribution in [3.8, 4) is 5.75 Å². The maximum absolute atomic E-state index is 13.3. The monoisotopic (exact) mass is 309 g/mol. The van der Waals surface area contributed by atoms with Crippen molar-refractivity contribution < 1.29 is 17.5 Å². The number of hydrogen-bond acceptors (Lipinski definition) is 4. The highest BCUT2D eigenvalue weighted by Gasteiger charge is 2.07. The molecule has 6 heteroatoms. The zero-order valence-corrected chi connectivity index (χ0v) is 12.4. The Bertz CT molecular complexity index is 727. The van der Waals surface area contributed by atoms with Crippen LogP contribution in [0.4, 0.5) is 4.39 Å². The lowest BCUT2D eigenvalue weighted by atomic mass is 10.1. The SMILES string of the molecule is CS(=O)(=O)c1ccc(OCc2ccc(F)c(CN)c2)cc1. The predicted molar refractivity (Wildman–Crippen MR) is 78.2 cm³/mol. The van der Waals surface area contributed by atoms with Crippen LogP contribution < -0.4 is 10.5 Å². The Labute approximate surface area is 123 Å². The standard InChI is InChI=1S/C15H16FNO3S/c1-21(18,19)14-5-3-13(4-6-14)20-10-11-2-7-15(16)12(8-11)9-17/h2-8H,9-10,17H2,1H3. The highest BCUT2D eigenvalue weighted by molar-refractivity contribution is 7.90. The van der Waals surface area contributed by atoms with Crippen LogP contribution in [0.1, 0.15) is 11.1 Å². The average molecular weight is 309 g/mol. The molecule has 0 radical (unpaired) electrons. The molecule has 0 aliphatic carbocycles. The van der Waals surface area contributed by atoms with Crippen molar-refractivity contribution in [2.45, 2.75) is 18.0 Å². The van der Waals surface area contributed by atoms with E-state index in [1.807, 2.05) is 0 Å². The predicted octanol–water partition coefficient (Wildman–Crippen LogP) is 2.27. The van der Waals surface area contributed by atoms with Gasteiger partial charge >= 0.3 is 0 Å². The summed E-state index contributed by atoms with van der Waals surface area (Å²) < 4.78 is 41.5. The molecule has 0 atom stereocenters. The smallest absolute Gasteiger partial charge is 0.175 e. The third-order valence-electron chi connectivity index (χ3n) is 2.99. The second-order valence-electron chi connectivity index (χ2n) is 4.66. The van der Waals surface area contributed by atoms with E-state index in [1.165, 1.54) is 18.2 Å². The zero-order chi connectivity index (χ0) is 15.5. The molecule has 2 aromatic rings. The minimum Gasteiger partial charge on any atom is -0.489 e. The summed E-state index contributed by atoms with van der Waals surface area (Å²) in [6.45, 7) is 0.383. The van der Waals surface area contributed by atoms with Crippen molar-refractivity contribution in [2.24, 2.45) is 5.73 Å². The van der Waals surface area contributed by atoms with Gasteiger partial charge in [-0.25, -0.2) is 12.8 Å². The fourth-order valence-electron chi connectivity index (χ4n) is 1.82. The van der Waals surface area contributed by atoms with Gasteiger partial charge in [-0.05, 0) is 42.0 Å². The molecular formula is C15H16FNO3S. The molecule has 0 saturated carbocycles. The molecule has 4 nitrogen and oxygen atoms in total. The summed E-state index contributed by atoms with van der Waals surface area (Å²) in [7, 11) is -3.21. The van der Waals surface area contributed by atoms with Crippen molar-refractivity contribution in [2.75, 3.05) is 6.26 Å². The van der Waals surface area contributed by atoms with Crippen LogP contribution in [-0.2, 0) is 23.0 Å². The van der Waals surface area contributed by atoms with E-state index in [1.54, 1.807) is 24.3 Å². The summed E-state index contributed by atoms with van der Waals surface area (Å²) >= 11 is 0. The van der Waals surface area contributed by atoms with Crippen molar-refractivity contribution in [3.63, 3.8) is 0 Å². The summed E-state index contributed by atoms with van der Waals surface area (Å²) in [4.78, 5) is 0.238. The molecular weight excluding hydrogens is 293 g/mol.